The second kappa shape index (κ2) is 6.26. The van der Waals surface area contributed by atoms with E-state index in [9.17, 15) is 5.11 Å². The maximum Gasteiger partial charge on any atom is 0.226 e. The van der Waals surface area contributed by atoms with E-state index in [1.165, 1.54) is 0 Å². The molecule has 0 aliphatic carbocycles. The van der Waals surface area contributed by atoms with E-state index in [0.717, 1.165) is 29.1 Å². The molecule has 0 bridgehead atoms. The zero-order valence-electron chi connectivity index (χ0n) is 14.1. The molecule has 1 aliphatic rings. The van der Waals surface area contributed by atoms with Gasteiger partial charge in [0.1, 0.15) is 5.60 Å². The van der Waals surface area contributed by atoms with Crippen molar-refractivity contribution in [1.82, 2.24) is 15.0 Å². The predicted octanol–water partition coefficient (Wildman–Crippen LogP) is 2.94. The lowest BCUT2D eigenvalue weighted by Gasteiger charge is -2.25. The van der Waals surface area contributed by atoms with E-state index in [2.05, 4.69) is 15.0 Å². The molecule has 0 saturated carbocycles. The molecule has 3 aromatic rings. The average Bonchev–Trinajstić information content (AvgIpc) is 3.06. The Kier molecular flexibility index (Phi) is 3.93. The number of β-amino-alcohol motifs (C(OH)–C–C–N with tert-alkyl or cyclic N) is 1. The Bertz CT molecular complexity index is 884. The van der Waals surface area contributed by atoms with Gasteiger partial charge in [-0.2, -0.15) is 0 Å². The quantitative estimate of drug-likeness (QED) is 0.799. The van der Waals surface area contributed by atoms with Gasteiger partial charge in [-0.15, -0.1) is 0 Å². The molecule has 0 radical (unpaired) electrons. The fourth-order valence-electron chi connectivity index (χ4n) is 3.44. The second-order valence-electron chi connectivity index (χ2n) is 6.47. The summed E-state index contributed by atoms with van der Waals surface area (Å²) < 4.78 is 0. The molecule has 0 amide bonds. The molecule has 126 valence electrons. The molecule has 5 nitrogen and oxygen atoms in total. The highest BCUT2D eigenvalue weighted by molar-refractivity contribution is 5.55. The summed E-state index contributed by atoms with van der Waals surface area (Å²) in [6, 6.07) is 15.6. The molecule has 1 fully saturated rings. The van der Waals surface area contributed by atoms with Gasteiger partial charge in [-0.1, -0.05) is 30.3 Å². The zero-order chi connectivity index (χ0) is 17.3. The Morgan fingerprint density at radius 3 is 2.60 bits per heavy atom. The summed E-state index contributed by atoms with van der Waals surface area (Å²) >= 11 is 0. The predicted molar refractivity (Wildman–Crippen MR) is 97.2 cm³/mol. The van der Waals surface area contributed by atoms with E-state index in [-0.39, 0.29) is 0 Å². The van der Waals surface area contributed by atoms with Crippen molar-refractivity contribution in [2.75, 3.05) is 18.0 Å². The van der Waals surface area contributed by atoms with Gasteiger partial charge >= 0.3 is 0 Å². The summed E-state index contributed by atoms with van der Waals surface area (Å²) in [6.45, 7) is 3.24. The van der Waals surface area contributed by atoms with E-state index in [0.29, 0.717) is 18.9 Å². The van der Waals surface area contributed by atoms with Gasteiger partial charge in [0, 0.05) is 18.9 Å². The molecule has 4 rings (SSSR count). The first kappa shape index (κ1) is 15.7. The molecule has 25 heavy (non-hydrogen) atoms. The van der Waals surface area contributed by atoms with Crippen LogP contribution in [0.3, 0.4) is 0 Å². The minimum absolute atomic E-state index is 0.490. The SMILES string of the molecule is Cc1ccccc1[C@]1(O)CCN(c2nccc(-c3ccccn3)n2)C1. The van der Waals surface area contributed by atoms with Gasteiger partial charge in [0.2, 0.25) is 5.95 Å². The van der Waals surface area contributed by atoms with Crippen molar-refractivity contribution >= 4 is 5.95 Å². The number of hydrogen-bond donors (Lipinski definition) is 1. The van der Waals surface area contributed by atoms with Crippen LogP contribution in [0.2, 0.25) is 0 Å². The lowest BCUT2D eigenvalue weighted by molar-refractivity contribution is 0.0599. The highest BCUT2D eigenvalue weighted by Crippen LogP contribution is 2.35. The number of hydrogen-bond acceptors (Lipinski definition) is 5. The fourth-order valence-corrected chi connectivity index (χ4v) is 3.44. The van der Waals surface area contributed by atoms with Crippen LogP contribution in [0.4, 0.5) is 5.95 Å². The maximum absolute atomic E-state index is 11.2. The van der Waals surface area contributed by atoms with Gasteiger partial charge in [-0.3, -0.25) is 4.98 Å². The van der Waals surface area contributed by atoms with Crippen molar-refractivity contribution in [3.8, 4) is 11.4 Å². The minimum Gasteiger partial charge on any atom is -0.383 e. The summed E-state index contributed by atoms with van der Waals surface area (Å²) in [4.78, 5) is 15.4. The van der Waals surface area contributed by atoms with Crippen molar-refractivity contribution in [2.45, 2.75) is 18.9 Å². The van der Waals surface area contributed by atoms with Crippen LogP contribution in [0.5, 0.6) is 0 Å². The van der Waals surface area contributed by atoms with Crippen molar-refractivity contribution in [2.24, 2.45) is 0 Å². The van der Waals surface area contributed by atoms with E-state index in [4.69, 9.17) is 0 Å². The molecular formula is C20H20N4O. The molecule has 1 aromatic carbocycles. The van der Waals surface area contributed by atoms with Gasteiger partial charge in [0.25, 0.3) is 0 Å². The molecule has 5 heteroatoms. The van der Waals surface area contributed by atoms with Gasteiger partial charge in [0.05, 0.1) is 17.9 Å². The molecular weight excluding hydrogens is 312 g/mol. The number of aliphatic hydroxyl groups is 1. The number of aromatic nitrogens is 3. The normalized spacial score (nSPS) is 20.0. The van der Waals surface area contributed by atoms with E-state index in [1.807, 2.05) is 60.4 Å². The van der Waals surface area contributed by atoms with E-state index in [1.54, 1.807) is 12.4 Å². The van der Waals surface area contributed by atoms with Crippen molar-refractivity contribution in [3.63, 3.8) is 0 Å². The number of aryl methyl sites for hydroxylation is 1. The smallest absolute Gasteiger partial charge is 0.226 e. The highest BCUT2D eigenvalue weighted by atomic mass is 16.3. The summed E-state index contributed by atoms with van der Waals surface area (Å²) in [7, 11) is 0. The van der Waals surface area contributed by atoms with Gasteiger partial charge in [0.15, 0.2) is 0 Å². The van der Waals surface area contributed by atoms with Crippen LogP contribution in [-0.2, 0) is 5.60 Å². The van der Waals surface area contributed by atoms with Gasteiger partial charge in [-0.25, -0.2) is 9.97 Å². The average molecular weight is 332 g/mol. The Hall–Kier alpha value is -2.79. The van der Waals surface area contributed by atoms with Crippen molar-refractivity contribution in [3.05, 3.63) is 72.1 Å². The minimum atomic E-state index is -0.865. The molecule has 1 N–H and O–H groups in total. The highest BCUT2D eigenvalue weighted by Gasteiger charge is 2.39. The van der Waals surface area contributed by atoms with Crippen LogP contribution in [0, 0.1) is 6.92 Å². The third-order valence-corrected chi connectivity index (χ3v) is 4.75. The first-order valence-electron chi connectivity index (χ1n) is 8.44. The van der Waals surface area contributed by atoms with E-state index >= 15 is 0 Å². The van der Waals surface area contributed by atoms with Crippen molar-refractivity contribution in [1.29, 1.82) is 0 Å². The summed E-state index contributed by atoms with van der Waals surface area (Å²) in [5.41, 5.74) is 2.83. The summed E-state index contributed by atoms with van der Waals surface area (Å²) in [6.07, 6.45) is 4.16. The van der Waals surface area contributed by atoms with Crippen molar-refractivity contribution < 1.29 is 5.11 Å². The monoisotopic (exact) mass is 332 g/mol. The lowest BCUT2D eigenvalue weighted by atomic mass is 9.89. The number of pyridine rings is 1. The van der Waals surface area contributed by atoms with Gasteiger partial charge in [-0.05, 0) is 42.7 Å². The van der Waals surface area contributed by atoms with Crippen LogP contribution in [0.1, 0.15) is 17.5 Å². The van der Waals surface area contributed by atoms with Crippen LogP contribution in [0.25, 0.3) is 11.4 Å². The molecule has 1 aliphatic heterocycles. The number of benzene rings is 1. The maximum atomic E-state index is 11.2. The largest absolute Gasteiger partial charge is 0.383 e. The molecule has 0 spiro atoms. The molecule has 3 heterocycles. The molecule has 1 saturated heterocycles. The first-order valence-corrected chi connectivity index (χ1v) is 8.44. The Balaban J connectivity index is 1.61. The first-order chi connectivity index (χ1) is 12.2. The second-order valence-corrected chi connectivity index (χ2v) is 6.47. The Labute approximate surface area is 147 Å². The van der Waals surface area contributed by atoms with Crippen LogP contribution in [-0.4, -0.2) is 33.1 Å². The van der Waals surface area contributed by atoms with Crippen LogP contribution >= 0.6 is 0 Å². The fraction of sp³-hybridized carbons (Fsp3) is 0.250. The third-order valence-electron chi connectivity index (χ3n) is 4.75. The number of nitrogens with zero attached hydrogens (tertiary/aromatic N) is 4. The lowest BCUT2D eigenvalue weighted by Crippen LogP contribution is -2.32. The standard InChI is InChI=1S/C20H20N4O/c1-15-6-2-3-7-16(15)20(25)10-13-24(14-20)19-22-12-9-18(23-19)17-8-4-5-11-21-17/h2-9,11-12,25H,10,13-14H2,1H3/t20-/m0/s1. The van der Waals surface area contributed by atoms with Crippen LogP contribution in [0.15, 0.2) is 60.9 Å². The van der Waals surface area contributed by atoms with E-state index < -0.39 is 5.60 Å². The zero-order valence-corrected chi connectivity index (χ0v) is 14.1. The summed E-state index contributed by atoms with van der Waals surface area (Å²) in [5.74, 6) is 0.632. The molecule has 1 atom stereocenters. The Morgan fingerprint density at radius 2 is 1.80 bits per heavy atom. The Morgan fingerprint density at radius 1 is 0.960 bits per heavy atom. The molecule has 2 aromatic heterocycles. The summed E-state index contributed by atoms with van der Waals surface area (Å²) in [5, 5.41) is 11.2. The topological polar surface area (TPSA) is 62.1 Å². The number of anilines is 1. The van der Waals surface area contributed by atoms with Gasteiger partial charge < -0.3 is 10.0 Å². The third kappa shape index (κ3) is 2.98. The van der Waals surface area contributed by atoms with Crippen LogP contribution < -0.4 is 4.90 Å². The molecule has 0 unspecified atom stereocenters. The number of rotatable bonds is 3.